The van der Waals surface area contributed by atoms with Crippen molar-refractivity contribution in [2.24, 2.45) is 0 Å². The van der Waals surface area contributed by atoms with E-state index in [4.69, 9.17) is 5.11 Å². The molecule has 2 aromatic carbocycles. The Bertz CT molecular complexity index is 868. The third-order valence-electron chi connectivity index (χ3n) is 4.07. The van der Waals surface area contributed by atoms with E-state index in [-0.39, 0.29) is 31.4 Å². The maximum Gasteiger partial charge on any atom is 0.303 e. The van der Waals surface area contributed by atoms with Gasteiger partial charge in [0.25, 0.3) is 5.69 Å². The van der Waals surface area contributed by atoms with Gasteiger partial charge in [-0.1, -0.05) is 30.3 Å². The van der Waals surface area contributed by atoms with Crippen molar-refractivity contribution in [1.82, 2.24) is 5.32 Å². The predicted molar refractivity (Wildman–Crippen MR) is 105 cm³/mol. The second kappa shape index (κ2) is 10.5. The summed E-state index contributed by atoms with van der Waals surface area (Å²) in [5, 5.41) is 24.7. The summed E-state index contributed by atoms with van der Waals surface area (Å²) in [7, 11) is 0. The van der Waals surface area contributed by atoms with Crippen LogP contribution in [0.25, 0.3) is 0 Å². The molecule has 0 spiro atoms. The first-order valence-electron chi connectivity index (χ1n) is 8.95. The second-order valence-electron chi connectivity index (χ2n) is 6.35. The van der Waals surface area contributed by atoms with Crippen molar-refractivity contribution >= 4 is 29.2 Å². The third-order valence-corrected chi connectivity index (χ3v) is 4.07. The number of carboxylic acid groups (broad SMARTS) is 1. The van der Waals surface area contributed by atoms with E-state index in [0.29, 0.717) is 5.69 Å². The Labute approximate surface area is 166 Å². The van der Waals surface area contributed by atoms with Crippen LogP contribution in [0.3, 0.4) is 0 Å². The van der Waals surface area contributed by atoms with Crippen LogP contribution in [0.1, 0.15) is 24.8 Å². The molecular formula is C20H21N3O6. The van der Waals surface area contributed by atoms with Gasteiger partial charge in [0, 0.05) is 37.1 Å². The lowest BCUT2D eigenvalue weighted by Crippen LogP contribution is -2.45. The van der Waals surface area contributed by atoms with Crippen LogP contribution in [-0.4, -0.2) is 33.9 Å². The minimum atomic E-state index is -0.991. The van der Waals surface area contributed by atoms with Gasteiger partial charge in [-0.2, -0.15) is 0 Å². The number of nitrogens with one attached hydrogen (secondary N) is 2. The molecule has 0 unspecified atom stereocenters. The first kappa shape index (κ1) is 21.5. The topological polar surface area (TPSA) is 139 Å². The molecule has 152 valence electrons. The molecule has 0 aliphatic heterocycles. The molecule has 0 saturated carbocycles. The molecule has 0 bridgehead atoms. The van der Waals surface area contributed by atoms with Crippen molar-refractivity contribution in [2.45, 2.75) is 31.7 Å². The van der Waals surface area contributed by atoms with Gasteiger partial charge in [-0.15, -0.1) is 0 Å². The van der Waals surface area contributed by atoms with Crippen LogP contribution in [-0.2, 0) is 20.8 Å². The van der Waals surface area contributed by atoms with Gasteiger partial charge in [-0.05, 0) is 24.1 Å². The number of nitrogens with zero attached hydrogens (tertiary/aromatic N) is 1. The van der Waals surface area contributed by atoms with Crippen LogP contribution in [0.4, 0.5) is 11.4 Å². The van der Waals surface area contributed by atoms with Gasteiger partial charge in [0.1, 0.15) is 6.04 Å². The summed E-state index contributed by atoms with van der Waals surface area (Å²) in [5.74, 6) is -1.89. The second-order valence-corrected chi connectivity index (χ2v) is 6.35. The smallest absolute Gasteiger partial charge is 0.303 e. The van der Waals surface area contributed by atoms with Crippen LogP contribution in [0.15, 0.2) is 54.6 Å². The molecule has 9 nitrogen and oxygen atoms in total. The normalized spacial score (nSPS) is 11.3. The van der Waals surface area contributed by atoms with Gasteiger partial charge >= 0.3 is 5.97 Å². The van der Waals surface area contributed by atoms with E-state index in [0.717, 1.165) is 5.56 Å². The van der Waals surface area contributed by atoms with Crippen molar-refractivity contribution < 1.29 is 24.4 Å². The fourth-order valence-electron chi connectivity index (χ4n) is 2.62. The highest BCUT2D eigenvalue weighted by molar-refractivity contribution is 5.97. The zero-order valence-corrected chi connectivity index (χ0v) is 15.5. The number of non-ortho nitro benzene ring substituents is 1. The Morgan fingerprint density at radius 2 is 1.66 bits per heavy atom. The minimum absolute atomic E-state index is 0.0115. The quantitative estimate of drug-likeness (QED) is 0.414. The molecular weight excluding hydrogens is 378 g/mol. The Hall–Kier alpha value is -3.75. The molecule has 2 rings (SSSR count). The monoisotopic (exact) mass is 399 g/mol. The van der Waals surface area contributed by atoms with Crippen molar-refractivity contribution in [3.63, 3.8) is 0 Å². The van der Waals surface area contributed by atoms with E-state index in [1.54, 1.807) is 0 Å². The average Bonchev–Trinajstić information content (AvgIpc) is 2.68. The van der Waals surface area contributed by atoms with E-state index < -0.39 is 28.7 Å². The summed E-state index contributed by atoms with van der Waals surface area (Å²) in [6.07, 6.45) is 0.266. The van der Waals surface area contributed by atoms with E-state index in [2.05, 4.69) is 10.6 Å². The van der Waals surface area contributed by atoms with Crippen LogP contribution in [0.2, 0.25) is 0 Å². The van der Waals surface area contributed by atoms with Crippen molar-refractivity contribution in [3.05, 3.63) is 70.3 Å². The lowest BCUT2D eigenvalue weighted by atomic mass is 10.0. The Balaban J connectivity index is 2.06. The van der Waals surface area contributed by atoms with Crippen molar-refractivity contribution in [3.8, 4) is 0 Å². The van der Waals surface area contributed by atoms with Crippen LogP contribution < -0.4 is 10.6 Å². The predicted octanol–water partition coefficient (Wildman–Crippen LogP) is 2.52. The molecule has 29 heavy (non-hydrogen) atoms. The number of nitro benzene ring substituents is 1. The van der Waals surface area contributed by atoms with E-state index in [1.165, 1.54) is 24.3 Å². The summed E-state index contributed by atoms with van der Waals surface area (Å²) in [4.78, 5) is 45.6. The highest BCUT2D eigenvalue weighted by Gasteiger charge is 2.21. The summed E-state index contributed by atoms with van der Waals surface area (Å²) in [6.45, 7) is 0. The maximum absolute atomic E-state index is 12.7. The zero-order valence-electron chi connectivity index (χ0n) is 15.5. The van der Waals surface area contributed by atoms with E-state index in [1.807, 2.05) is 30.3 Å². The molecule has 0 saturated heterocycles. The fraction of sp³-hybridized carbons (Fsp3) is 0.250. The number of aliphatic carboxylic acids is 1. The summed E-state index contributed by atoms with van der Waals surface area (Å²) in [5.41, 5.74) is 1.09. The number of nitro groups is 1. The number of anilines is 1. The number of carbonyl (C=O) groups is 3. The van der Waals surface area contributed by atoms with Gasteiger partial charge in [0.15, 0.2) is 0 Å². The van der Waals surface area contributed by atoms with Crippen LogP contribution in [0, 0.1) is 10.1 Å². The molecule has 2 aromatic rings. The summed E-state index contributed by atoms with van der Waals surface area (Å²) in [6, 6.07) is 13.6. The van der Waals surface area contributed by atoms with Crippen LogP contribution in [0.5, 0.6) is 0 Å². The molecule has 1 atom stereocenters. The Morgan fingerprint density at radius 1 is 1.00 bits per heavy atom. The van der Waals surface area contributed by atoms with E-state index >= 15 is 0 Å². The van der Waals surface area contributed by atoms with Gasteiger partial charge in [0.05, 0.1) is 4.92 Å². The molecule has 3 N–H and O–H groups in total. The first-order valence-corrected chi connectivity index (χ1v) is 8.95. The largest absolute Gasteiger partial charge is 0.481 e. The number of amides is 2. The first-order chi connectivity index (χ1) is 13.8. The molecule has 0 aliphatic carbocycles. The molecule has 0 heterocycles. The molecule has 9 heteroatoms. The molecule has 0 fully saturated rings. The highest BCUT2D eigenvalue weighted by atomic mass is 16.6. The van der Waals surface area contributed by atoms with Gasteiger partial charge in [0.2, 0.25) is 11.8 Å². The molecule has 0 aromatic heterocycles. The van der Waals surface area contributed by atoms with Gasteiger partial charge in [-0.25, -0.2) is 0 Å². The number of hydrogen-bond donors (Lipinski definition) is 3. The fourth-order valence-corrected chi connectivity index (χ4v) is 2.62. The number of hydrogen-bond acceptors (Lipinski definition) is 5. The number of carbonyl (C=O) groups excluding carboxylic acids is 2. The maximum atomic E-state index is 12.7. The Kier molecular flexibility index (Phi) is 7.84. The molecule has 0 aliphatic rings. The van der Waals surface area contributed by atoms with Crippen LogP contribution >= 0.6 is 0 Å². The standard InChI is InChI=1S/C20H21N3O6/c24-18(7-4-8-19(25)26)22-17(13-14-5-2-1-3-6-14)20(27)21-15-9-11-16(12-10-15)23(28)29/h1-3,5-6,9-12,17H,4,7-8,13H2,(H,21,27)(H,22,24)(H,25,26)/t17-/m1/s1. The number of rotatable bonds is 10. The van der Waals surface area contributed by atoms with Gasteiger partial charge in [-0.3, -0.25) is 24.5 Å². The van der Waals surface area contributed by atoms with Gasteiger partial charge < -0.3 is 15.7 Å². The summed E-state index contributed by atoms with van der Waals surface area (Å²) >= 11 is 0. The Morgan fingerprint density at radius 3 is 2.24 bits per heavy atom. The lowest BCUT2D eigenvalue weighted by Gasteiger charge is -2.19. The van der Waals surface area contributed by atoms with E-state index in [9.17, 15) is 24.5 Å². The zero-order chi connectivity index (χ0) is 21.2. The summed E-state index contributed by atoms with van der Waals surface area (Å²) < 4.78 is 0. The highest BCUT2D eigenvalue weighted by Crippen LogP contribution is 2.16. The molecule has 0 radical (unpaired) electrons. The minimum Gasteiger partial charge on any atom is -0.481 e. The average molecular weight is 399 g/mol. The number of benzene rings is 2. The van der Waals surface area contributed by atoms with Crippen molar-refractivity contribution in [1.29, 1.82) is 0 Å². The van der Waals surface area contributed by atoms with Crippen molar-refractivity contribution in [2.75, 3.05) is 5.32 Å². The third kappa shape index (κ3) is 7.41. The molecule has 2 amide bonds. The number of carboxylic acids is 1. The SMILES string of the molecule is O=C(O)CCCC(=O)N[C@H](Cc1ccccc1)C(=O)Nc1ccc([N+](=O)[O-])cc1. The lowest BCUT2D eigenvalue weighted by molar-refractivity contribution is -0.384.